The molecule has 1 aromatic carbocycles. The summed E-state index contributed by atoms with van der Waals surface area (Å²) in [6.45, 7) is 6.02. The van der Waals surface area contributed by atoms with E-state index in [-0.39, 0.29) is 0 Å². The highest BCUT2D eigenvalue weighted by Gasteiger charge is 2.19. The third-order valence-corrected chi connectivity index (χ3v) is 6.21. The van der Waals surface area contributed by atoms with Crippen LogP contribution in [0.15, 0.2) is 108 Å². The fourth-order valence-corrected chi connectivity index (χ4v) is 4.36. The molecular formula is C27H26N4S. The van der Waals surface area contributed by atoms with Gasteiger partial charge in [-0.3, -0.25) is 4.98 Å². The Kier molecular flexibility index (Phi) is 6.87. The van der Waals surface area contributed by atoms with Crippen LogP contribution in [0.2, 0.25) is 0 Å². The van der Waals surface area contributed by atoms with Crippen molar-refractivity contribution >= 4 is 17.3 Å². The molecule has 4 nitrogen and oxygen atoms in total. The lowest BCUT2D eigenvalue weighted by Gasteiger charge is -2.08. The molecule has 0 aliphatic rings. The van der Waals surface area contributed by atoms with Gasteiger partial charge in [-0.05, 0) is 43.3 Å². The van der Waals surface area contributed by atoms with Crippen molar-refractivity contribution in [3.05, 3.63) is 115 Å². The van der Waals surface area contributed by atoms with Crippen LogP contribution in [-0.2, 0) is 13.5 Å². The fourth-order valence-electron chi connectivity index (χ4n) is 3.38. The molecule has 0 atom stereocenters. The second-order valence-electron chi connectivity index (χ2n) is 7.44. The lowest BCUT2D eigenvalue weighted by atomic mass is 10.1. The van der Waals surface area contributed by atoms with Crippen molar-refractivity contribution in [3.63, 3.8) is 0 Å². The van der Waals surface area contributed by atoms with Crippen LogP contribution in [-0.4, -0.2) is 19.5 Å². The number of hydrogen-bond acceptors (Lipinski definition) is 3. The minimum absolute atomic E-state index is 0.821. The smallest absolute Gasteiger partial charge is 0.159 e. The van der Waals surface area contributed by atoms with Crippen LogP contribution in [0, 0.1) is 6.92 Å². The summed E-state index contributed by atoms with van der Waals surface area (Å²) in [6, 6.07) is 18.6. The Bertz CT molecular complexity index is 1230. The number of H-pyrrole nitrogens is 1. The largest absolute Gasteiger partial charge is 0.365 e. The maximum atomic E-state index is 5.03. The molecule has 0 unspecified atom stereocenters. The van der Waals surface area contributed by atoms with Crippen LogP contribution in [0.3, 0.4) is 0 Å². The quantitative estimate of drug-likeness (QED) is 0.314. The third-order valence-electron chi connectivity index (χ3n) is 5.04. The van der Waals surface area contributed by atoms with Gasteiger partial charge in [0.25, 0.3) is 0 Å². The number of rotatable bonds is 8. The SMILES string of the molecule is C=C/C=C(\C=C/Cc1ccc[nH]1)c1nc(-c2ccccn2)n(C)c1Sc1ccc(C)cc1. The zero-order valence-corrected chi connectivity index (χ0v) is 19.1. The molecule has 3 aromatic heterocycles. The van der Waals surface area contributed by atoms with Crippen LogP contribution in [0.4, 0.5) is 0 Å². The molecule has 32 heavy (non-hydrogen) atoms. The Morgan fingerprint density at radius 1 is 1.12 bits per heavy atom. The van der Waals surface area contributed by atoms with Gasteiger partial charge in [0.2, 0.25) is 0 Å². The van der Waals surface area contributed by atoms with Gasteiger partial charge in [-0.25, -0.2) is 4.98 Å². The zero-order valence-electron chi connectivity index (χ0n) is 18.3. The highest BCUT2D eigenvalue weighted by molar-refractivity contribution is 7.99. The summed E-state index contributed by atoms with van der Waals surface area (Å²) in [5.41, 5.74) is 5.19. The van der Waals surface area contributed by atoms with E-state index in [0.717, 1.165) is 34.2 Å². The van der Waals surface area contributed by atoms with Crippen LogP contribution < -0.4 is 0 Å². The number of nitrogens with zero attached hydrogens (tertiary/aromatic N) is 3. The molecule has 0 saturated carbocycles. The van der Waals surface area contributed by atoms with Gasteiger partial charge in [0.1, 0.15) is 16.4 Å². The minimum Gasteiger partial charge on any atom is -0.365 e. The van der Waals surface area contributed by atoms with Gasteiger partial charge in [0.05, 0.1) is 0 Å². The van der Waals surface area contributed by atoms with Crippen LogP contribution in [0.1, 0.15) is 17.0 Å². The van der Waals surface area contributed by atoms with E-state index in [1.807, 2.05) is 49.7 Å². The minimum atomic E-state index is 0.821. The van der Waals surface area contributed by atoms with E-state index >= 15 is 0 Å². The van der Waals surface area contributed by atoms with Crippen molar-refractivity contribution in [2.24, 2.45) is 7.05 Å². The van der Waals surface area contributed by atoms with Gasteiger partial charge in [-0.1, -0.05) is 66.4 Å². The molecule has 0 aliphatic carbocycles. The molecule has 0 radical (unpaired) electrons. The van der Waals surface area contributed by atoms with E-state index in [2.05, 4.69) is 70.5 Å². The second kappa shape index (κ2) is 10.2. The molecule has 3 heterocycles. The van der Waals surface area contributed by atoms with Crippen LogP contribution in [0.25, 0.3) is 17.1 Å². The van der Waals surface area contributed by atoms with E-state index in [9.17, 15) is 0 Å². The summed E-state index contributed by atoms with van der Waals surface area (Å²) in [5.74, 6) is 0.836. The number of aryl methyl sites for hydroxylation is 1. The molecule has 4 rings (SSSR count). The normalized spacial score (nSPS) is 11.9. The standard InChI is InChI=1S/C27H26N4S/c1-4-9-21(10-7-11-22-12-8-19-28-22)25-27(32-23-16-14-20(2)15-17-23)31(3)26(30-25)24-13-5-6-18-29-24/h4-10,12-19,28H,1,11H2,2-3H3/b10-7-,21-9+. The zero-order chi connectivity index (χ0) is 22.3. The Balaban J connectivity index is 1.76. The van der Waals surface area contributed by atoms with Crippen molar-refractivity contribution in [3.8, 4) is 11.5 Å². The van der Waals surface area contributed by atoms with Gasteiger partial charge in [-0.2, -0.15) is 0 Å². The maximum Gasteiger partial charge on any atom is 0.159 e. The van der Waals surface area contributed by atoms with Crippen molar-refractivity contribution in [1.29, 1.82) is 0 Å². The molecule has 0 fully saturated rings. The molecule has 5 heteroatoms. The monoisotopic (exact) mass is 438 g/mol. The average molecular weight is 439 g/mol. The van der Waals surface area contributed by atoms with Gasteiger partial charge >= 0.3 is 0 Å². The number of aromatic nitrogens is 4. The summed E-state index contributed by atoms with van der Waals surface area (Å²) in [7, 11) is 2.05. The summed E-state index contributed by atoms with van der Waals surface area (Å²) >= 11 is 1.71. The molecular weight excluding hydrogens is 412 g/mol. The van der Waals surface area contributed by atoms with Crippen molar-refractivity contribution in [1.82, 2.24) is 19.5 Å². The first-order chi connectivity index (χ1) is 15.7. The van der Waals surface area contributed by atoms with Gasteiger partial charge in [0.15, 0.2) is 5.82 Å². The molecule has 4 aromatic rings. The summed E-state index contributed by atoms with van der Waals surface area (Å²) < 4.78 is 2.12. The van der Waals surface area contributed by atoms with Gasteiger partial charge in [0, 0.05) is 42.0 Å². The summed E-state index contributed by atoms with van der Waals surface area (Å²) in [6.07, 6.45) is 12.6. The summed E-state index contributed by atoms with van der Waals surface area (Å²) in [5, 5.41) is 1.06. The lowest BCUT2D eigenvalue weighted by molar-refractivity contribution is 0.828. The first kappa shape index (κ1) is 21.7. The lowest BCUT2D eigenvalue weighted by Crippen LogP contribution is -1.96. The van der Waals surface area contributed by atoms with Crippen molar-refractivity contribution in [2.75, 3.05) is 0 Å². The molecule has 0 saturated heterocycles. The van der Waals surface area contributed by atoms with Crippen molar-refractivity contribution < 1.29 is 0 Å². The molecule has 1 N–H and O–H groups in total. The Labute approximate surface area is 193 Å². The molecule has 0 aliphatic heterocycles. The second-order valence-corrected chi connectivity index (χ2v) is 8.50. The van der Waals surface area contributed by atoms with E-state index in [4.69, 9.17) is 4.98 Å². The topological polar surface area (TPSA) is 46.5 Å². The predicted octanol–water partition coefficient (Wildman–Crippen LogP) is 6.64. The number of imidazole rings is 1. The van der Waals surface area contributed by atoms with E-state index < -0.39 is 0 Å². The van der Waals surface area contributed by atoms with Crippen molar-refractivity contribution in [2.45, 2.75) is 23.3 Å². The number of pyridine rings is 1. The molecule has 160 valence electrons. The number of allylic oxidation sites excluding steroid dienone is 5. The first-order valence-electron chi connectivity index (χ1n) is 10.5. The van der Waals surface area contributed by atoms with E-state index in [1.54, 1.807) is 18.0 Å². The molecule has 0 amide bonds. The first-order valence-corrected chi connectivity index (χ1v) is 11.3. The summed E-state index contributed by atoms with van der Waals surface area (Å²) in [4.78, 5) is 14.0. The number of aromatic amines is 1. The average Bonchev–Trinajstić information content (AvgIpc) is 3.44. The van der Waals surface area contributed by atoms with E-state index in [0.29, 0.717) is 0 Å². The van der Waals surface area contributed by atoms with Gasteiger partial charge < -0.3 is 9.55 Å². The molecule has 0 bridgehead atoms. The number of hydrogen-bond donors (Lipinski definition) is 1. The third kappa shape index (κ3) is 5.01. The predicted molar refractivity (Wildman–Crippen MR) is 134 cm³/mol. The number of benzene rings is 1. The highest BCUT2D eigenvalue weighted by atomic mass is 32.2. The van der Waals surface area contributed by atoms with E-state index in [1.165, 1.54) is 16.2 Å². The maximum absolute atomic E-state index is 5.03. The highest BCUT2D eigenvalue weighted by Crippen LogP contribution is 2.36. The number of nitrogens with one attached hydrogen (secondary N) is 1. The Morgan fingerprint density at radius 2 is 1.97 bits per heavy atom. The Morgan fingerprint density at radius 3 is 2.66 bits per heavy atom. The van der Waals surface area contributed by atoms with Gasteiger partial charge in [-0.15, -0.1) is 0 Å². The van der Waals surface area contributed by atoms with Crippen LogP contribution in [0.5, 0.6) is 0 Å². The molecule has 0 spiro atoms. The Hall–Kier alpha value is -3.57. The van der Waals surface area contributed by atoms with Crippen LogP contribution >= 0.6 is 11.8 Å². The fraction of sp³-hybridized carbons (Fsp3) is 0.111.